The first-order chi connectivity index (χ1) is 9.31. The third-order valence-corrected chi connectivity index (χ3v) is 3.24. The highest BCUT2D eigenvalue weighted by atomic mass is 15.3. The lowest BCUT2D eigenvalue weighted by Gasteiger charge is -2.08. The fourth-order valence-corrected chi connectivity index (χ4v) is 2.15. The van der Waals surface area contributed by atoms with Gasteiger partial charge in [0, 0.05) is 18.8 Å². The van der Waals surface area contributed by atoms with E-state index in [1.54, 1.807) is 12.5 Å². The number of fused-ring (bicyclic) bond motifs is 1. The maximum Gasteiger partial charge on any atom is 0.161 e. The Hall–Kier alpha value is -2.24. The second-order valence-electron chi connectivity index (χ2n) is 4.52. The Kier molecular flexibility index (Phi) is 2.98. The normalized spacial score (nSPS) is 11.3. The van der Waals surface area contributed by atoms with Crippen LogP contribution >= 0.6 is 0 Å². The molecule has 3 heterocycles. The van der Waals surface area contributed by atoms with Crippen LogP contribution in [0.1, 0.15) is 25.5 Å². The van der Waals surface area contributed by atoms with E-state index in [1.165, 1.54) is 0 Å². The van der Waals surface area contributed by atoms with Gasteiger partial charge in [-0.2, -0.15) is 10.2 Å². The summed E-state index contributed by atoms with van der Waals surface area (Å²) < 4.78 is 3.76. The minimum atomic E-state index is 0.848. The molecule has 0 spiro atoms. The van der Waals surface area contributed by atoms with E-state index in [0.29, 0.717) is 0 Å². The zero-order chi connectivity index (χ0) is 13.2. The van der Waals surface area contributed by atoms with Crippen molar-refractivity contribution in [2.24, 2.45) is 0 Å². The lowest BCUT2D eigenvalue weighted by molar-refractivity contribution is 0.575. The fourth-order valence-electron chi connectivity index (χ4n) is 2.15. The van der Waals surface area contributed by atoms with Gasteiger partial charge in [-0.15, -0.1) is 0 Å². The summed E-state index contributed by atoms with van der Waals surface area (Å²) in [5, 5.41) is 8.56. The molecule has 0 aliphatic heterocycles. The highest BCUT2D eigenvalue weighted by molar-refractivity contribution is 5.59. The first-order valence-electron chi connectivity index (χ1n) is 6.48. The van der Waals surface area contributed by atoms with Crippen LogP contribution in [0.4, 0.5) is 0 Å². The first kappa shape index (κ1) is 11.8. The molecule has 98 valence electrons. The van der Waals surface area contributed by atoms with Crippen molar-refractivity contribution in [2.45, 2.75) is 33.2 Å². The van der Waals surface area contributed by atoms with Crippen molar-refractivity contribution in [1.29, 1.82) is 0 Å². The standard InChI is InChI=1S/C13H16N6/c1-3-4-7-18-13(15-9-17-18)11-8-14-12-5-6-16-19(12)10(11)2/h5-6,8-9H,3-4,7H2,1-2H3. The molecule has 0 saturated carbocycles. The van der Waals surface area contributed by atoms with Crippen LogP contribution in [0.25, 0.3) is 17.0 Å². The zero-order valence-corrected chi connectivity index (χ0v) is 11.1. The molecule has 0 radical (unpaired) electrons. The van der Waals surface area contributed by atoms with E-state index in [1.807, 2.05) is 28.4 Å². The van der Waals surface area contributed by atoms with Gasteiger partial charge in [0.05, 0.1) is 17.5 Å². The Morgan fingerprint density at radius 1 is 1.21 bits per heavy atom. The second kappa shape index (κ2) is 4.79. The molecule has 0 bridgehead atoms. The molecule has 3 rings (SSSR count). The van der Waals surface area contributed by atoms with Crippen molar-refractivity contribution in [1.82, 2.24) is 29.4 Å². The number of nitrogens with zero attached hydrogens (tertiary/aromatic N) is 6. The average Bonchev–Trinajstić information content (AvgIpc) is 3.05. The second-order valence-corrected chi connectivity index (χ2v) is 4.52. The van der Waals surface area contributed by atoms with Crippen LogP contribution in [0, 0.1) is 6.92 Å². The van der Waals surface area contributed by atoms with E-state index in [2.05, 4.69) is 27.1 Å². The number of aromatic nitrogens is 6. The molecule has 3 aromatic rings. The Bertz CT molecular complexity index is 696. The smallest absolute Gasteiger partial charge is 0.161 e. The van der Waals surface area contributed by atoms with Gasteiger partial charge < -0.3 is 0 Å². The molecule has 6 heteroatoms. The van der Waals surface area contributed by atoms with Crippen molar-refractivity contribution < 1.29 is 0 Å². The Labute approximate surface area is 111 Å². The van der Waals surface area contributed by atoms with Crippen LogP contribution in [0.2, 0.25) is 0 Å². The van der Waals surface area contributed by atoms with E-state index < -0.39 is 0 Å². The molecule has 0 amide bonds. The van der Waals surface area contributed by atoms with Crippen molar-refractivity contribution in [3.05, 3.63) is 30.5 Å². The third kappa shape index (κ3) is 1.99. The Morgan fingerprint density at radius 2 is 2.11 bits per heavy atom. The largest absolute Gasteiger partial charge is 0.246 e. The van der Waals surface area contributed by atoms with Crippen LogP contribution in [0.15, 0.2) is 24.8 Å². The van der Waals surface area contributed by atoms with Crippen LogP contribution < -0.4 is 0 Å². The molecule has 0 aliphatic rings. The van der Waals surface area contributed by atoms with Gasteiger partial charge in [-0.25, -0.2) is 19.2 Å². The van der Waals surface area contributed by atoms with E-state index in [9.17, 15) is 0 Å². The summed E-state index contributed by atoms with van der Waals surface area (Å²) in [4.78, 5) is 8.76. The van der Waals surface area contributed by atoms with E-state index in [4.69, 9.17) is 0 Å². The summed E-state index contributed by atoms with van der Waals surface area (Å²) in [6, 6.07) is 1.89. The van der Waals surface area contributed by atoms with Gasteiger partial charge >= 0.3 is 0 Å². The van der Waals surface area contributed by atoms with Gasteiger partial charge in [-0.05, 0) is 13.3 Å². The van der Waals surface area contributed by atoms with Crippen molar-refractivity contribution in [3.8, 4) is 11.4 Å². The van der Waals surface area contributed by atoms with Crippen LogP contribution in [0.5, 0.6) is 0 Å². The zero-order valence-electron chi connectivity index (χ0n) is 11.1. The molecule has 0 saturated heterocycles. The van der Waals surface area contributed by atoms with Crippen LogP contribution in [0.3, 0.4) is 0 Å². The molecule has 0 aromatic carbocycles. The van der Waals surface area contributed by atoms with Gasteiger partial charge in [-0.3, -0.25) is 0 Å². The molecule has 0 unspecified atom stereocenters. The average molecular weight is 256 g/mol. The summed E-state index contributed by atoms with van der Waals surface area (Å²) in [5.74, 6) is 0.857. The summed E-state index contributed by atoms with van der Waals surface area (Å²) in [7, 11) is 0. The minimum Gasteiger partial charge on any atom is -0.246 e. The van der Waals surface area contributed by atoms with Crippen LogP contribution in [-0.4, -0.2) is 29.4 Å². The molecule has 0 aliphatic carbocycles. The van der Waals surface area contributed by atoms with Crippen molar-refractivity contribution in [3.63, 3.8) is 0 Å². The maximum absolute atomic E-state index is 4.40. The van der Waals surface area contributed by atoms with E-state index >= 15 is 0 Å². The molecule has 0 N–H and O–H groups in total. The highest BCUT2D eigenvalue weighted by Crippen LogP contribution is 2.20. The number of aryl methyl sites for hydroxylation is 2. The molecule has 3 aromatic heterocycles. The molecular formula is C13H16N6. The predicted molar refractivity (Wildman–Crippen MR) is 71.6 cm³/mol. The number of rotatable bonds is 4. The maximum atomic E-state index is 4.40. The fraction of sp³-hybridized carbons (Fsp3) is 0.385. The number of hydrogen-bond donors (Lipinski definition) is 0. The van der Waals surface area contributed by atoms with E-state index in [0.717, 1.165) is 42.1 Å². The van der Waals surface area contributed by atoms with Gasteiger partial charge in [0.1, 0.15) is 6.33 Å². The first-order valence-corrected chi connectivity index (χ1v) is 6.48. The van der Waals surface area contributed by atoms with Crippen LogP contribution in [-0.2, 0) is 6.54 Å². The molecular weight excluding hydrogens is 240 g/mol. The van der Waals surface area contributed by atoms with Gasteiger partial charge in [0.15, 0.2) is 11.5 Å². The van der Waals surface area contributed by atoms with Gasteiger partial charge in [-0.1, -0.05) is 13.3 Å². The van der Waals surface area contributed by atoms with Gasteiger partial charge in [0.25, 0.3) is 0 Å². The third-order valence-electron chi connectivity index (χ3n) is 3.24. The van der Waals surface area contributed by atoms with Crippen molar-refractivity contribution >= 4 is 5.65 Å². The highest BCUT2D eigenvalue weighted by Gasteiger charge is 2.13. The summed E-state index contributed by atoms with van der Waals surface area (Å²) in [5.41, 5.74) is 2.85. The molecule has 6 nitrogen and oxygen atoms in total. The summed E-state index contributed by atoms with van der Waals surface area (Å²) in [6.07, 6.45) is 7.42. The number of hydrogen-bond acceptors (Lipinski definition) is 4. The SMILES string of the molecule is CCCCn1ncnc1-c1cnc2ccnn2c1C. The Balaban J connectivity index is 2.08. The molecule has 0 fully saturated rings. The lowest BCUT2D eigenvalue weighted by atomic mass is 10.2. The summed E-state index contributed by atoms with van der Waals surface area (Å²) >= 11 is 0. The summed E-state index contributed by atoms with van der Waals surface area (Å²) in [6.45, 7) is 5.07. The van der Waals surface area contributed by atoms with Crippen molar-refractivity contribution in [2.75, 3.05) is 0 Å². The Morgan fingerprint density at radius 3 is 2.95 bits per heavy atom. The topological polar surface area (TPSA) is 60.9 Å². The molecule has 19 heavy (non-hydrogen) atoms. The quantitative estimate of drug-likeness (QED) is 0.717. The lowest BCUT2D eigenvalue weighted by Crippen LogP contribution is -2.06. The monoisotopic (exact) mass is 256 g/mol. The number of unbranched alkanes of at least 4 members (excludes halogenated alkanes) is 1. The van der Waals surface area contributed by atoms with Gasteiger partial charge in [0.2, 0.25) is 0 Å². The predicted octanol–water partition coefficient (Wildman–Crippen LogP) is 2.10. The molecule has 0 atom stereocenters. The minimum absolute atomic E-state index is 0.848. The van der Waals surface area contributed by atoms with E-state index in [-0.39, 0.29) is 0 Å².